The Hall–Kier alpha value is -1.06. The largest absolute Gasteiger partial charge is 0.368 e. The van der Waals surface area contributed by atoms with Crippen LogP contribution in [0.5, 0.6) is 0 Å². The third-order valence-corrected chi connectivity index (χ3v) is 1.85. The summed E-state index contributed by atoms with van der Waals surface area (Å²) in [6.07, 6.45) is 2.91. The molecule has 0 saturated heterocycles. The van der Waals surface area contributed by atoms with Crippen LogP contribution in [-0.2, 0) is 9.59 Å². The lowest BCUT2D eigenvalue weighted by molar-refractivity contribution is -0.127. The molecule has 1 unspecified atom stereocenters. The molecule has 13 heavy (non-hydrogen) atoms. The van der Waals surface area contributed by atoms with Gasteiger partial charge in [-0.05, 0) is 6.42 Å². The lowest BCUT2D eigenvalue weighted by atomic mass is 10.1. The highest BCUT2D eigenvalue weighted by Crippen LogP contribution is 2.00. The minimum atomic E-state index is -0.493. The van der Waals surface area contributed by atoms with Crippen molar-refractivity contribution >= 4 is 11.8 Å². The highest BCUT2D eigenvalue weighted by atomic mass is 16.2. The first-order valence-corrected chi connectivity index (χ1v) is 4.70. The van der Waals surface area contributed by atoms with E-state index in [1.165, 1.54) is 0 Å². The van der Waals surface area contributed by atoms with Crippen molar-refractivity contribution in [2.45, 2.75) is 45.6 Å². The number of rotatable bonds is 6. The number of hydrogen-bond donors (Lipinski definition) is 2. The molecule has 0 fully saturated rings. The fraction of sp³-hybridized carbons (Fsp3) is 0.778. The van der Waals surface area contributed by atoms with Gasteiger partial charge in [0.2, 0.25) is 11.8 Å². The van der Waals surface area contributed by atoms with Gasteiger partial charge in [-0.15, -0.1) is 0 Å². The summed E-state index contributed by atoms with van der Waals surface area (Å²) in [5.74, 6) is -0.574. The van der Waals surface area contributed by atoms with Crippen molar-refractivity contribution in [2.75, 3.05) is 0 Å². The smallest absolute Gasteiger partial charge is 0.239 e. The average Bonchev–Trinajstić information content (AvgIpc) is 2.11. The highest BCUT2D eigenvalue weighted by molar-refractivity contribution is 5.86. The first-order valence-electron chi connectivity index (χ1n) is 4.70. The van der Waals surface area contributed by atoms with E-state index in [2.05, 4.69) is 5.32 Å². The summed E-state index contributed by atoms with van der Waals surface area (Å²) in [7, 11) is 0. The Morgan fingerprint density at radius 1 is 1.38 bits per heavy atom. The third-order valence-electron chi connectivity index (χ3n) is 1.85. The maximum Gasteiger partial charge on any atom is 0.239 e. The van der Waals surface area contributed by atoms with Crippen LogP contribution in [0.25, 0.3) is 0 Å². The fourth-order valence-corrected chi connectivity index (χ4v) is 0.990. The van der Waals surface area contributed by atoms with Gasteiger partial charge < -0.3 is 11.1 Å². The van der Waals surface area contributed by atoms with Crippen molar-refractivity contribution in [1.29, 1.82) is 0 Å². The molecular weight excluding hydrogens is 168 g/mol. The van der Waals surface area contributed by atoms with Gasteiger partial charge in [-0.25, -0.2) is 0 Å². The molecule has 4 nitrogen and oxygen atoms in total. The number of primary amides is 1. The summed E-state index contributed by atoms with van der Waals surface area (Å²) in [6.45, 7) is 3.77. The van der Waals surface area contributed by atoms with Crippen LogP contribution in [0.15, 0.2) is 0 Å². The van der Waals surface area contributed by atoms with Crippen LogP contribution in [0.3, 0.4) is 0 Å². The highest BCUT2D eigenvalue weighted by Gasteiger charge is 2.15. The topological polar surface area (TPSA) is 72.2 Å². The van der Waals surface area contributed by atoms with Gasteiger partial charge in [-0.3, -0.25) is 9.59 Å². The predicted molar refractivity (Wildman–Crippen MR) is 50.9 cm³/mol. The van der Waals surface area contributed by atoms with E-state index in [0.29, 0.717) is 12.8 Å². The second-order valence-corrected chi connectivity index (χ2v) is 3.02. The molecule has 2 amide bonds. The summed E-state index contributed by atoms with van der Waals surface area (Å²) in [5, 5.41) is 2.59. The molecule has 0 radical (unpaired) electrons. The first-order chi connectivity index (χ1) is 6.11. The molecule has 76 valence electrons. The molecule has 0 saturated carbocycles. The minimum Gasteiger partial charge on any atom is -0.368 e. The second kappa shape index (κ2) is 6.46. The van der Waals surface area contributed by atoms with Crippen LogP contribution < -0.4 is 11.1 Å². The Morgan fingerprint density at radius 3 is 2.38 bits per heavy atom. The number of carbonyl (C=O) groups excluding carboxylic acids is 2. The van der Waals surface area contributed by atoms with Crippen molar-refractivity contribution in [3.05, 3.63) is 0 Å². The van der Waals surface area contributed by atoms with Gasteiger partial charge in [0.25, 0.3) is 0 Å². The summed E-state index contributed by atoms with van der Waals surface area (Å²) >= 11 is 0. The summed E-state index contributed by atoms with van der Waals surface area (Å²) in [4.78, 5) is 21.8. The van der Waals surface area contributed by atoms with Gasteiger partial charge in [0.1, 0.15) is 6.04 Å². The van der Waals surface area contributed by atoms with Crippen LogP contribution >= 0.6 is 0 Å². The van der Waals surface area contributed by atoms with E-state index in [4.69, 9.17) is 5.73 Å². The van der Waals surface area contributed by atoms with E-state index in [1.54, 1.807) is 6.92 Å². The van der Waals surface area contributed by atoms with Gasteiger partial charge in [-0.1, -0.05) is 26.7 Å². The maximum absolute atomic E-state index is 11.0. The SMILES string of the molecule is CCCCC(NC(=O)CC)C(N)=O. The third kappa shape index (κ3) is 5.22. The van der Waals surface area contributed by atoms with E-state index in [1.807, 2.05) is 6.92 Å². The van der Waals surface area contributed by atoms with Crippen molar-refractivity contribution in [2.24, 2.45) is 5.73 Å². The zero-order chi connectivity index (χ0) is 10.3. The standard InChI is InChI=1S/C9H18N2O2/c1-3-5-6-7(9(10)13)11-8(12)4-2/h7H,3-6H2,1-2H3,(H2,10,13)(H,11,12). The Labute approximate surface area is 78.9 Å². The number of amides is 2. The van der Waals surface area contributed by atoms with Crippen LogP contribution in [0.4, 0.5) is 0 Å². The van der Waals surface area contributed by atoms with Crippen molar-refractivity contribution in [3.8, 4) is 0 Å². The van der Waals surface area contributed by atoms with Gasteiger partial charge in [0, 0.05) is 6.42 Å². The van der Waals surface area contributed by atoms with Gasteiger partial charge >= 0.3 is 0 Å². The number of nitrogens with two attached hydrogens (primary N) is 1. The lowest BCUT2D eigenvalue weighted by Crippen LogP contribution is -2.44. The number of carbonyl (C=O) groups is 2. The Morgan fingerprint density at radius 2 is 2.00 bits per heavy atom. The zero-order valence-electron chi connectivity index (χ0n) is 8.30. The molecule has 0 heterocycles. The summed E-state index contributed by atoms with van der Waals surface area (Å²) in [5.41, 5.74) is 5.13. The van der Waals surface area contributed by atoms with Crippen LogP contribution in [0.1, 0.15) is 39.5 Å². The molecule has 0 aliphatic carbocycles. The predicted octanol–water partition coefficient (Wildman–Crippen LogP) is 0.557. The molecule has 0 aliphatic rings. The molecule has 3 N–H and O–H groups in total. The number of nitrogens with one attached hydrogen (secondary N) is 1. The normalized spacial score (nSPS) is 12.2. The van der Waals surface area contributed by atoms with Gasteiger partial charge in [-0.2, -0.15) is 0 Å². The number of unbranched alkanes of at least 4 members (excludes halogenated alkanes) is 1. The molecule has 0 bridgehead atoms. The molecule has 0 aromatic carbocycles. The van der Waals surface area contributed by atoms with E-state index in [9.17, 15) is 9.59 Å². The summed E-state index contributed by atoms with van der Waals surface area (Å²) in [6, 6.07) is -0.493. The van der Waals surface area contributed by atoms with Gasteiger partial charge in [0.05, 0.1) is 0 Å². The molecule has 0 aromatic rings. The Bertz CT molecular complexity index is 180. The monoisotopic (exact) mass is 186 g/mol. The van der Waals surface area contributed by atoms with Crippen molar-refractivity contribution < 1.29 is 9.59 Å². The summed E-state index contributed by atoms with van der Waals surface area (Å²) < 4.78 is 0. The van der Waals surface area contributed by atoms with Crippen LogP contribution in [-0.4, -0.2) is 17.9 Å². The number of hydrogen-bond acceptors (Lipinski definition) is 2. The lowest BCUT2D eigenvalue weighted by Gasteiger charge is -2.13. The molecule has 0 rings (SSSR count). The minimum absolute atomic E-state index is 0.125. The van der Waals surface area contributed by atoms with Crippen LogP contribution in [0, 0.1) is 0 Å². The van der Waals surface area contributed by atoms with Crippen molar-refractivity contribution in [1.82, 2.24) is 5.32 Å². The zero-order valence-corrected chi connectivity index (χ0v) is 8.30. The van der Waals surface area contributed by atoms with Crippen LogP contribution in [0.2, 0.25) is 0 Å². The van der Waals surface area contributed by atoms with Gasteiger partial charge in [0.15, 0.2) is 0 Å². The average molecular weight is 186 g/mol. The molecule has 0 aromatic heterocycles. The first kappa shape index (κ1) is 11.9. The van der Waals surface area contributed by atoms with E-state index >= 15 is 0 Å². The van der Waals surface area contributed by atoms with Crippen molar-refractivity contribution in [3.63, 3.8) is 0 Å². The molecular formula is C9H18N2O2. The Kier molecular flexibility index (Phi) is 5.93. The van der Waals surface area contributed by atoms with E-state index in [-0.39, 0.29) is 5.91 Å². The van der Waals surface area contributed by atoms with E-state index in [0.717, 1.165) is 12.8 Å². The maximum atomic E-state index is 11.0. The molecule has 4 heteroatoms. The molecule has 1 atom stereocenters. The second-order valence-electron chi connectivity index (χ2n) is 3.02. The molecule has 0 spiro atoms. The quantitative estimate of drug-likeness (QED) is 0.636. The fourth-order valence-electron chi connectivity index (χ4n) is 0.990. The Balaban J connectivity index is 3.94. The van der Waals surface area contributed by atoms with E-state index < -0.39 is 11.9 Å². The molecule has 0 aliphatic heterocycles.